The first-order chi connectivity index (χ1) is 13.7. The maximum Gasteiger partial charge on any atom is 0.408 e. The minimum atomic E-state index is -1.11. The van der Waals surface area contributed by atoms with Gasteiger partial charge >= 0.3 is 24.0 Å². The van der Waals surface area contributed by atoms with Crippen LogP contribution in [0.3, 0.4) is 0 Å². The molecule has 2 N–H and O–H groups in total. The average molecular weight is 409 g/mol. The summed E-state index contributed by atoms with van der Waals surface area (Å²) in [5.74, 6) is -2.75. The summed E-state index contributed by atoms with van der Waals surface area (Å²) in [7, 11) is 0. The summed E-state index contributed by atoms with van der Waals surface area (Å²) in [6, 6.07) is 8.16. The predicted octanol–water partition coefficient (Wildman–Crippen LogP) is 2.28. The van der Waals surface area contributed by atoms with E-state index in [-0.39, 0.29) is 32.0 Å². The van der Waals surface area contributed by atoms with Gasteiger partial charge in [0, 0.05) is 0 Å². The van der Waals surface area contributed by atoms with E-state index in [0.29, 0.717) is 0 Å². The molecule has 0 fully saturated rings. The summed E-state index contributed by atoms with van der Waals surface area (Å²) >= 11 is 0. The monoisotopic (exact) mass is 409 g/mol. The number of carboxylic acid groups (broad SMARTS) is 1. The van der Waals surface area contributed by atoms with Crippen molar-refractivity contribution < 1.29 is 38.5 Å². The fourth-order valence-corrected chi connectivity index (χ4v) is 2.21. The van der Waals surface area contributed by atoms with E-state index < -0.39 is 36.1 Å². The number of amides is 1. The molecule has 1 aromatic carbocycles. The van der Waals surface area contributed by atoms with E-state index in [2.05, 4.69) is 5.32 Å². The molecule has 1 aromatic rings. The molecule has 9 nitrogen and oxygen atoms in total. The van der Waals surface area contributed by atoms with Crippen LogP contribution < -0.4 is 5.32 Å². The molecule has 0 aliphatic heterocycles. The maximum atomic E-state index is 12.3. The highest BCUT2D eigenvalue weighted by molar-refractivity contribution is 5.81. The van der Waals surface area contributed by atoms with Crippen LogP contribution in [0.4, 0.5) is 4.79 Å². The van der Waals surface area contributed by atoms with Gasteiger partial charge in [0.05, 0.1) is 12.8 Å². The summed E-state index contributed by atoms with van der Waals surface area (Å²) in [4.78, 5) is 46.2. The van der Waals surface area contributed by atoms with E-state index in [1.807, 2.05) is 18.2 Å². The average Bonchev–Trinajstić information content (AvgIpc) is 2.67. The van der Waals surface area contributed by atoms with Gasteiger partial charge in [0.1, 0.15) is 25.4 Å². The zero-order valence-corrected chi connectivity index (χ0v) is 16.8. The summed E-state index contributed by atoms with van der Waals surface area (Å²) in [6.07, 6.45) is -2.11. The SMILES string of the molecule is CC(COC(=O)[C@@H](NC(=O)OCc1ccccc1)C(C)C)OC(=O)CCC(=O)O. The number of carbonyl (C=O) groups excluding carboxylic acids is 3. The Labute approximate surface area is 169 Å². The third-order valence-electron chi connectivity index (χ3n) is 3.74. The van der Waals surface area contributed by atoms with Gasteiger partial charge in [-0.3, -0.25) is 9.59 Å². The molecule has 0 saturated heterocycles. The molecule has 0 bridgehead atoms. The molecule has 0 radical (unpaired) electrons. The summed E-state index contributed by atoms with van der Waals surface area (Å²) in [5.41, 5.74) is 0.810. The van der Waals surface area contributed by atoms with Crippen LogP contribution in [0.15, 0.2) is 30.3 Å². The third kappa shape index (κ3) is 10.1. The second kappa shape index (κ2) is 12.4. The Bertz CT molecular complexity index is 689. The van der Waals surface area contributed by atoms with Gasteiger partial charge < -0.3 is 24.6 Å². The highest BCUT2D eigenvalue weighted by atomic mass is 16.6. The van der Waals surface area contributed by atoms with Crippen LogP contribution in [0.25, 0.3) is 0 Å². The Morgan fingerprint density at radius 2 is 1.66 bits per heavy atom. The lowest BCUT2D eigenvalue weighted by atomic mass is 10.1. The van der Waals surface area contributed by atoms with Crippen LogP contribution in [-0.4, -0.2) is 47.9 Å². The predicted molar refractivity (Wildman–Crippen MR) is 102 cm³/mol. The standard InChI is InChI=1S/C20H27NO8/c1-13(2)18(21-20(26)28-12-15-7-5-4-6-8-15)19(25)27-11-14(3)29-17(24)10-9-16(22)23/h4-8,13-14,18H,9-12H2,1-3H3,(H,21,26)(H,22,23)/t14?,18-/m0/s1. The van der Waals surface area contributed by atoms with Crippen molar-refractivity contribution in [3.8, 4) is 0 Å². The highest BCUT2D eigenvalue weighted by Crippen LogP contribution is 2.07. The molecule has 29 heavy (non-hydrogen) atoms. The summed E-state index contributed by atoms with van der Waals surface area (Å²) in [5, 5.41) is 11.0. The van der Waals surface area contributed by atoms with E-state index in [1.54, 1.807) is 26.0 Å². The number of esters is 2. The molecule has 1 amide bonds. The fraction of sp³-hybridized carbons (Fsp3) is 0.500. The number of hydrogen-bond donors (Lipinski definition) is 2. The lowest BCUT2D eigenvalue weighted by Crippen LogP contribution is -2.46. The van der Waals surface area contributed by atoms with Crippen LogP contribution in [0.2, 0.25) is 0 Å². The van der Waals surface area contributed by atoms with Crippen LogP contribution in [0, 0.1) is 5.92 Å². The number of nitrogens with one attached hydrogen (secondary N) is 1. The number of rotatable bonds is 11. The lowest BCUT2D eigenvalue weighted by molar-refractivity contribution is -0.160. The van der Waals surface area contributed by atoms with Crippen LogP contribution in [0.5, 0.6) is 0 Å². The minimum absolute atomic E-state index is 0.0653. The molecule has 0 saturated carbocycles. The molecule has 0 aromatic heterocycles. The molecule has 2 atom stereocenters. The number of hydrogen-bond acceptors (Lipinski definition) is 7. The summed E-state index contributed by atoms with van der Waals surface area (Å²) in [6.45, 7) is 4.83. The van der Waals surface area contributed by atoms with E-state index in [9.17, 15) is 19.2 Å². The molecule has 9 heteroatoms. The van der Waals surface area contributed by atoms with Crippen molar-refractivity contribution >= 4 is 24.0 Å². The van der Waals surface area contributed by atoms with Gasteiger partial charge in [-0.2, -0.15) is 0 Å². The molecule has 160 valence electrons. The van der Waals surface area contributed by atoms with Crippen molar-refractivity contribution in [1.82, 2.24) is 5.32 Å². The molecular formula is C20H27NO8. The molecule has 0 spiro atoms. The van der Waals surface area contributed by atoms with Crippen molar-refractivity contribution in [3.63, 3.8) is 0 Å². The fourth-order valence-electron chi connectivity index (χ4n) is 2.21. The van der Waals surface area contributed by atoms with Crippen molar-refractivity contribution in [1.29, 1.82) is 0 Å². The first-order valence-corrected chi connectivity index (χ1v) is 9.24. The zero-order chi connectivity index (χ0) is 21.8. The highest BCUT2D eigenvalue weighted by Gasteiger charge is 2.27. The molecule has 1 unspecified atom stereocenters. The van der Waals surface area contributed by atoms with Crippen molar-refractivity contribution in [2.24, 2.45) is 5.92 Å². The zero-order valence-electron chi connectivity index (χ0n) is 16.8. The molecule has 0 heterocycles. The number of aliphatic carboxylic acids is 1. The smallest absolute Gasteiger partial charge is 0.408 e. The molecule has 0 aliphatic rings. The number of alkyl carbamates (subject to hydrolysis) is 1. The van der Waals surface area contributed by atoms with E-state index in [1.165, 1.54) is 6.92 Å². The molecule has 0 aliphatic carbocycles. The van der Waals surface area contributed by atoms with Crippen LogP contribution in [-0.2, 0) is 35.2 Å². The first-order valence-electron chi connectivity index (χ1n) is 9.24. The second-order valence-corrected chi connectivity index (χ2v) is 6.75. The van der Waals surface area contributed by atoms with Gasteiger partial charge in [-0.1, -0.05) is 44.2 Å². The maximum absolute atomic E-state index is 12.3. The van der Waals surface area contributed by atoms with Crippen molar-refractivity contribution in [3.05, 3.63) is 35.9 Å². The van der Waals surface area contributed by atoms with Gasteiger partial charge in [0.15, 0.2) is 0 Å². The van der Waals surface area contributed by atoms with Gasteiger partial charge in [-0.25, -0.2) is 9.59 Å². The Morgan fingerprint density at radius 3 is 2.24 bits per heavy atom. The number of carbonyl (C=O) groups is 4. The summed E-state index contributed by atoms with van der Waals surface area (Å²) < 4.78 is 15.2. The van der Waals surface area contributed by atoms with Crippen LogP contribution >= 0.6 is 0 Å². The van der Waals surface area contributed by atoms with E-state index in [0.717, 1.165) is 5.56 Å². The number of ether oxygens (including phenoxy) is 3. The molecule has 1 rings (SSSR count). The van der Waals surface area contributed by atoms with Gasteiger partial charge in [-0.05, 0) is 18.4 Å². The van der Waals surface area contributed by atoms with E-state index >= 15 is 0 Å². The Kier molecular flexibility index (Phi) is 10.2. The van der Waals surface area contributed by atoms with Gasteiger partial charge in [0.2, 0.25) is 0 Å². The number of carboxylic acids is 1. The lowest BCUT2D eigenvalue weighted by Gasteiger charge is -2.21. The number of benzene rings is 1. The normalized spacial score (nSPS) is 12.6. The third-order valence-corrected chi connectivity index (χ3v) is 3.74. The van der Waals surface area contributed by atoms with E-state index in [4.69, 9.17) is 19.3 Å². The second-order valence-electron chi connectivity index (χ2n) is 6.75. The quantitative estimate of drug-likeness (QED) is 0.421. The topological polar surface area (TPSA) is 128 Å². The Hall–Kier alpha value is -3.10. The first kappa shape index (κ1) is 23.9. The Balaban J connectivity index is 2.43. The molecular weight excluding hydrogens is 382 g/mol. The Morgan fingerprint density at radius 1 is 1.00 bits per heavy atom. The largest absolute Gasteiger partial charge is 0.481 e. The van der Waals surface area contributed by atoms with Gasteiger partial charge in [-0.15, -0.1) is 0 Å². The minimum Gasteiger partial charge on any atom is -0.481 e. The van der Waals surface area contributed by atoms with Gasteiger partial charge in [0.25, 0.3) is 0 Å². The van der Waals surface area contributed by atoms with Crippen molar-refractivity contribution in [2.45, 2.75) is 52.4 Å². The van der Waals surface area contributed by atoms with Crippen LogP contribution in [0.1, 0.15) is 39.2 Å². The van der Waals surface area contributed by atoms with Crippen molar-refractivity contribution in [2.75, 3.05) is 6.61 Å².